The van der Waals surface area contributed by atoms with Crippen molar-refractivity contribution in [3.05, 3.63) is 0 Å². The standard InChI is InChI=1S/C2H5P.5CHO.W/c1-2-3-1;5*1-2;/h3H,1-2H2;5*1H;/q;5*-1;. The summed E-state index contributed by atoms with van der Waals surface area (Å²) in [6.07, 6.45) is 3.06. The zero-order chi connectivity index (χ0) is 12.1. The molecule has 0 aromatic heterocycles. The van der Waals surface area contributed by atoms with Gasteiger partial charge in [0.1, 0.15) is 0 Å². The SMILES string of the molecule is C1CP1.[CH-]=O.[CH-]=O.[CH-]=O.[CH-]=O.[CH-]=O.[W]. The topological polar surface area (TPSA) is 85.3 Å². The van der Waals surface area contributed by atoms with Crippen molar-refractivity contribution in [2.45, 2.75) is 0 Å². The van der Waals surface area contributed by atoms with Crippen molar-refractivity contribution in [1.29, 1.82) is 0 Å². The number of carbonyl (C=O) groups excluding carboxylic acids is 5. The predicted molar refractivity (Wildman–Crippen MR) is 51.8 cm³/mol. The molecule has 7 heteroatoms. The van der Waals surface area contributed by atoms with Crippen LogP contribution in [-0.2, 0) is 45.0 Å². The van der Waals surface area contributed by atoms with Crippen LogP contribution in [0.2, 0.25) is 0 Å². The number of hydrogen-bond donors (Lipinski definition) is 0. The molecule has 1 heterocycles. The molecule has 1 saturated heterocycles. The van der Waals surface area contributed by atoms with Gasteiger partial charge in [0, 0.05) is 21.1 Å². The quantitative estimate of drug-likeness (QED) is 0.311. The maximum absolute atomic E-state index is 7.75. The summed E-state index contributed by atoms with van der Waals surface area (Å²) >= 11 is 0. The molecule has 0 saturated carbocycles. The first-order valence-corrected chi connectivity index (χ1v) is 3.80. The summed E-state index contributed by atoms with van der Waals surface area (Å²) in [5.41, 5.74) is 0. The Morgan fingerprint density at radius 2 is 0.643 bits per heavy atom. The summed E-state index contributed by atoms with van der Waals surface area (Å²) in [4.78, 5) is 38.8. The Bertz CT molecular complexity index is 53.7. The van der Waals surface area contributed by atoms with Crippen molar-refractivity contribution in [1.82, 2.24) is 0 Å². The van der Waals surface area contributed by atoms with Crippen LogP contribution in [0.3, 0.4) is 0 Å². The second kappa shape index (κ2) is 269. The van der Waals surface area contributed by atoms with Gasteiger partial charge in [0.2, 0.25) is 0 Å². The van der Waals surface area contributed by atoms with E-state index in [0.717, 1.165) is 0 Å². The molecule has 84 valence electrons. The molecular weight excluding hydrogens is 379 g/mol. The second-order valence-corrected chi connectivity index (χ2v) is 2.25. The van der Waals surface area contributed by atoms with Gasteiger partial charge in [-0.25, -0.2) is 0 Å². The van der Waals surface area contributed by atoms with Gasteiger partial charge in [-0.3, -0.25) is 33.9 Å². The van der Waals surface area contributed by atoms with E-state index in [1.807, 2.05) is 0 Å². The first-order valence-electron chi connectivity index (χ1n) is 2.39. The molecule has 0 aliphatic carbocycles. The fraction of sp³-hybridized carbons (Fsp3) is 0.286. The molecule has 5 nitrogen and oxygen atoms in total. The summed E-state index contributed by atoms with van der Waals surface area (Å²) in [5, 5.41) is 0. The molecule has 0 spiro atoms. The van der Waals surface area contributed by atoms with Crippen LogP contribution < -0.4 is 0 Å². The average Bonchev–Trinajstić information content (AvgIpc) is 3.19. The van der Waals surface area contributed by atoms with Crippen LogP contribution in [0.4, 0.5) is 0 Å². The van der Waals surface area contributed by atoms with Gasteiger partial charge in [-0.05, 0) is 12.3 Å². The smallest absolute Gasteiger partial charge is 0 e. The first kappa shape index (κ1) is 37.5. The summed E-state index contributed by atoms with van der Waals surface area (Å²) in [6.45, 7) is 16.2. The fourth-order valence-electron chi connectivity index (χ4n) is 0. The third kappa shape index (κ3) is 5730. The fourth-order valence-corrected chi connectivity index (χ4v) is 0. The zero-order valence-corrected chi connectivity index (χ0v) is 11.2. The molecule has 0 unspecified atom stereocenters. The van der Waals surface area contributed by atoms with E-state index >= 15 is 0 Å². The molecule has 0 atom stereocenters. The van der Waals surface area contributed by atoms with Crippen LogP contribution in [-0.4, -0.2) is 46.3 Å². The first-order chi connectivity index (χ1) is 6.50. The van der Waals surface area contributed by atoms with E-state index in [1.54, 1.807) is 0 Å². The van der Waals surface area contributed by atoms with Crippen molar-refractivity contribution >= 4 is 42.5 Å². The minimum absolute atomic E-state index is 0. The van der Waals surface area contributed by atoms with Crippen LogP contribution in [0.1, 0.15) is 0 Å². The Balaban J connectivity index is -0.0000000138. The minimum Gasteiger partial charge on any atom is -0.545 e. The second-order valence-electron chi connectivity index (χ2n) is 0.750. The van der Waals surface area contributed by atoms with Gasteiger partial charge in [-0.15, -0.1) is 8.58 Å². The minimum atomic E-state index is 0. The van der Waals surface area contributed by atoms with Gasteiger partial charge in [-0.1, -0.05) is 0 Å². The van der Waals surface area contributed by atoms with Crippen molar-refractivity contribution in [3.63, 3.8) is 0 Å². The molecule has 0 aromatic rings. The average molecular weight is 389 g/mol. The third-order valence-corrected chi connectivity index (χ3v) is 0.750. The molecule has 1 fully saturated rings. The van der Waals surface area contributed by atoms with E-state index in [-0.39, 0.29) is 21.1 Å². The molecule has 14 heavy (non-hydrogen) atoms. The van der Waals surface area contributed by atoms with E-state index in [9.17, 15) is 0 Å². The Morgan fingerprint density at radius 3 is 0.643 bits per heavy atom. The molecule has 0 N–H and O–H groups in total. The van der Waals surface area contributed by atoms with Crippen LogP contribution in [0.25, 0.3) is 0 Å². The van der Waals surface area contributed by atoms with Crippen molar-refractivity contribution < 1.29 is 45.0 Å². The maximum atomic E-state index is 7.75. The molecular formula is C7H10O5PW-5. The van der Waals surface area contributed by atoms with E-state index in [0.29, 0.717) is 0 Å². The summed E-state index contributed by atoms with van der Waals surface area (Å²) in [6, 6.07) is 0. The van der Waals surface area contributed by atoms with E-state index in [1.165, 1.54) is 20.9 Å². The van der Waals surface area contributed by atoms with Crippen LogP contribution in [0.5, 0.6) is 0 Å². The monoisotopic (exact) mass is 389 g/mol. The summed E-state index contributed by atoms with van der Waals surface area (Å²) in [7, 11) is 1.33. The van der Waals surface area contributed by atoms with Crippen LogP contribution >= 0.6 is 8.58 Å². The van der Waals surface area contributed by atoms with Gasteiger partial charge in [0.25, 0.3) is 0 Å². The van der Waals surface area contributed by atoms with Crippen molar-refractivity contribution in [3.8, 4) is 0 Å². The molecule has 1 aliphatic rings. The summed E-state index contributed by atoms with van der Waals surface area (Å²) in [5.74, 6) is 0. The third-order valence-electron chi connectivity index (χ3n) is 0.250. The Labute approximate surface area is 100 Å². The Kier molecular flexibility index (Phi) is 722. The molecule has 0 amide bonds. The predicted octanol–water partition coefficient (Wildman–Crippen LogP) is -0.695. The maximum Gasteiger partial charge on any atom is 0 e. The van der Waals surface area contributed by atoms with E-state index in [4.69, 9.17) is 24.0 Å². The van der Waals surface area contributed by atoms with Gasteiger partial charge >= 0.3 is 0 Å². The molecule has 0 radical (unpaired) electrons. The molecule has 1 aliphatic heterocycles. The van der Waals surface area contributed by atoms with Crippen molar-refractivity contribution in [2.24, 2.45) is 0 Å². The summed E-state index contributed by atoms with van der Waals surface area (Å²) < 4.78 is 0. The van der Waals surface area contributed by atoms with Gasteiger partial charge < -0.3 is 24.0 Å². The normalized spacial score (nSPS) is 6.57. The zero-order valence-electron chi connectivity index (χ0n) is 7.25. The van der Waals surface area contributed by atoms with Crippen LogP contribution in [0, 0.1) is 0 Å². The number of hydrogen-bond acceptors (Lipinski definition) is 5. The molecule has 0 bridgehead atoms. The number of rotatable bonds is 0. The van der Waals surface area contributed by atoms with Crippen molar-refractivity contribution in [2.75, 3.05) is 12.3 Å². The van der Waals surface area contributed by atoms with Gasteiger partial charge in [0.05, 0.1) is 0 Å². The van der Waals surface area contributed by atoms with E-state index in [2.05, 4.69) is 33.9 Å². The van der Waals surface area contributed by atoms with Crippen LogP contribution in [0.15, 0.2) is 0 Å². The van der Waals surface area contributed by atoms with E-state index < -0.39 is 0 Å². The van der Waals surface area contributed by atoms with Gasteiger partial charge in [-0.2, -0.15) is 0 Å². The Hall–Kier alpha value is -0.532. The largest absolute Gasteiger partial charge is 0.545 e. The molecule has 1 rings (SSSR count). The van der Waals surface area contributed by atoms with Gasteiger partial charge in [0.15, 0.2) is 0 Å². The Morgan fingerprint density at radius 1 is 0.571 bits per heavy atom. The molecule has 0 aromatic carbocycles.